The number of nitrogens with zero attached hydrogens (tertiary/aromatic N) is 1. The first-order chi connectivity index (χ1) is 14.2. The van der Waals surface area contributed by atoms with E-state index in [-0.39, 0.29) is 29.5 Å². The van der Waals surface area contributed by atoms with Crippen molar-refractivity contribution in [2.45, 2.75) is 39.7 Å². The molecule has 2 aromatic rings. The molecule has 30 heavy (non-hydrogen) atoms. The van der Waals surface area contributed by atoms with Crippen LogP contribution in [0.5, 0.6) is 11.5 Å². The third kappa shape index (κ3) is 5.92. The van der Waals surface area contributed by atoms with Crippen molar-refractivity contribution in [3.05, 3.63) is 66.0 Å². The van der Waals surface area contributed by atoms with Crippen LogP contribution in [0.2, 0.25) is 0 Å². The van der Waals surface area contributed by atoms with Crippen LogP contribution in [0.25, 0.3) is 0 Å². The Morgan fingerprint density at radius 2 is 1.83 bits per heavy atom. The van der Waals surface area contributed by atoms with Gasteiger partial charge in [-0.15, -0.1) is 0 Å². The van der Waals surface area contributed by atoms with E-state index in [4.69, 9.17) is 9.47 Å². The molecule has 3 atom stereocenters. The molecule has 1 heterocycles. The molecular weight excluding hydrogens is 382 g/mol. The predicted molar refractivity (Wildman–Crippen MR) is 115 cm³/mol. The van der Waals surface area contributed by atoms with Gasteiger partial charge in [0, 0.05) is 24.6 Å². The first-order valence-corrected chi connectivity index (χ1v) is 9.89. The third-order valence-electron chi connectivity index (χ3n) is 5.07. The summed E-state index contributed by atoms with van der Waals surface area (Å²) >= 11 is 0. The van der Waals surface area contributed by atoms with Crippen molar-refractivity contribution in [1.82, 2.24) is 4.98 Å². The van der Waals surface area contributed by atoms with E-state index in [1.165, 1.54) is 19.4 Å². The van der Waals surface area contributed by atoms with Gasteiger partial charge >= 0.3 is 5.97 Å². The zero-order valence-electron chi connectivity index (χ0n) is 17.9. The summed E-state index contributed by atoms with van der Waals surface area (Å²) in [6.07, 6.45) is 1.56. The van der Waals surface area contributed by atoms with E-state index in [0.717, 1.165) is 11.1 Å². The number of hydrogen-bond donors (Lipinski definition) is 1. The zero-order chi connectivity index (χ0) is 22.3. The molecule has 0 aliphatic heterocycles. The molecule has 160 valence electrons. The lowest BCUT2D eigenvalue weighted by Crippen LogP contribution is -2.29. The lowest BCUT2D eigenvalue weighted by Gasteiger charge is -2.26. The highest BCUT2D eigenvalue weighted by Crippen LogP contribution is 2.29. The minimum absolute atomic E-state index is 0.0386. The molecule has 0 aliphatic carbocycles. The van der Waals surface area contributed by atoms with Crippen LogP contribution in [0.15, 0.2) is 54.7 Å². The van der Waals surface area contributed by atoms with Gasteiger partial charge in [0.2, 0.25) is 0 Å². The van der Waals surface area contributed by atoms with E-state index in [0.29, 0.717) is 6.42 Å². The summed E-state index contributed by atoms with van der Waals surface area (Å²) in [5.74, 6) is -1.83. The number of ether oxygens (including phenoxy) is 2. The van der Waals surface area contributed by atoms with Crippen LogP contribution < -0.4 is 4.74 Å². The Kier molecular flexibility index (Phi) is 8.16. The Morgan fingerprint density at radius 1 is 1.17 bits per heavy atom. The Morgan fingerprint density at radius 3 is 2.43 bits per heavy atom. The highest BCUT2D eigenvalue weighted by molar-refractivity contribution is 5.99. The molecule has 6 nitrogen and oxygen atoms in total. The average molecular weight is 411 g/mol. The second-order valence-electron chi connectivity index (χ2n) is 7.52. The number of carbonyl (C=O) groups excluding carboxylic acids is 2. The molecule has 0 spiro atoms. The number of aromatic nitrogens is 1. The SMILES string of the molecule is C=C(C)[C@@H](Cc1ccccc1)[C@H](C)OC(=O)[C@H](C)CC(=O)c1nccc(OC)c1O. The molecule has 1 N–H and O–H groups in total. The van der Waals surface area contributed by atoms with Gasteiger partial charge in [0.25, 0.3) is 0 Å². The van der Waals surface area contributed by atoms with Crippen LogP contribution in [0.1, 0.15) is 43.2 Å². The van der Waals surface area contributed by atoms with Crippen LogP contribution in [-0.4, -0.2) is 35.1 Å². The topological polar surface area (TPSA) is 85.7 Å². The van der Waals surface area contributed by atoms with Gasteiger partial charge in [-0.25, -0.2) is 4.98 Å². The summed E-state index contributed by atoms with van der Waals surface area (Å²) in [6.45, 7) is 9.42. The Labute approximate surface area is 177 Å². The molecule has 0 aliphatic rings. The number of Topliss-reactive ketones (excluding diaryl/α,β-unsaturated/α-hetero) is 1. The minimum atomic E-state index is -0.685. The van der Waals surface area contributed by atoms with Gasteiger partial charge in [-0.1, -0.05) is 49.4 Å². The average Bonchev–Trinajstić information content (AvgIpc) is 2.72. The molecule has 1 aromatic heterocycles. The molecule has 2 rings (SSSR count). The van der Waals surface area contributed by atoms with Crippen molar-refractivity contribution < 1.29 is 24.2 Å². The highest BCUT2D eigenvalue weighted by atomic mass is 16.5. The summed E-state index contributed by atoms with van der Waals surface area (Å²) < 4.78 is 10.7. The summed E-state index contributed by atoms with van der Waals surface area (Å²) in [4.78, 5) is 29.0. The monoisotopic (exact) mass is 411 g/mol. The maximum absolute atomic E-state index is 12.6. The maximum Gasteiger partial charge on any atom is 0.309 e. The van der Waals surface area contributed by atoms with Crippen LogP contribution in [0.4, 0.5) is 0 Å². The fourth-order valence-corrected chi connectivity index (χ4v) is 3.25. The quantitative estimate of drug-likeness (QED) is 0.355. The third-order valence-corrected chi connectivity index (χ3v) is 5.07. The van der Waals surface area contributed by atoms with Gasteiger partial charge < -0.3 is 14.6 Å². The maximum atomic E-state index is 12.6. The summed E-state index contributed by atoms with van der Waals surface area (Å²) in [5.41, 5.74) is 1.94. The Bertz CT molecular complexity index is 894. The first-order valence-electron chi connectivity index (χ1n) is 9.89. The summed E-state index contributed by atoms with van der Waals surface area (Å²) in [7, 11) is 1.39. The van der Waals surface area contributed by atoms with Crippen molar-refractivity contribution in [3.63, 3.8) is 0 Å². The van der Waals surface area contributed by atoms with Crippen LogP contribution in [0, 0.1) is 11.8 Å². The number of methoxy groups -OCH3 is 1. The van der Waals surface area contributed by atoms with Crippen molar-refractivity contribution in [2.75, 3.05) is 7.11 Å². The summed E-state index contributed by atoms with van der Waals surface area (Å²) in [6, 6.07) is 11.4. The second-order valence-corrected chi connectivity index (χ2v) is 7.52. The molecule has 0 fully saturated rings. The fraction of sp³-hybridized carbons (Fsp3) is 0.375. The van der Waals surface area contributed by atoms with Crippen LogP contribution >= 0.6 is 0 Å². The van der Waals surface area contributed by atoms with Crippen molar-refractivity contribution in [3.8, 4) is 11.5 Å². The van der Waals surface area contributed by atoms with E-state index in [2.05, 4.69) is 11.6 Å². The van der Waals surface area contributed by atoms with Crippen molar-refractivity contribution in [2.24, 2.45) is 11.8 Å². The Hall–Kier alpha value is -3.15. The largest absolute Gasteiger partial charge is 0.503 e. The Balaban J connectivity index is 2.01. The lowest BCUT2D eigenvalue weighted by molar-refractivity contribution is -0.154. The molecule has 6 heteroatoms. The molecular formula is C24H29NO5. The smallest absolute Gasteiger partial charge is 0.309 e. The number of carbonyl (C=O) groups is 2. The number of hydrogen-bond acceptors (Lipinski definition) is 6. The lowest BCUT2D eigenvalue weighted by atomic mass is 9.89. The van der Waals surface area contributed by atoms with E-state index in [9.17, 15) is 14.7 Å². The predicted octanol–water partition coefficient (Wildman–Crippen LogP) is 4.37. The van der Waals surface area contributed by atoms with Crippen molar-refractivity contribution in [1.29, 1.82) is 0 Å². The number of pyridine rings is 1. The second kappa shape index (κ2) is 10.6. The molecule has 0 amide bonds. The fourth-order valence-electron chi connectivity index (χ4n) is 3.25. The van der Waals surface area contributed by atoms with Gasteiger partial charge in [-0.3, -0.25) is 9.59 Å². The summed E-state index contributed by atoms with van der Waals surface area (Å²) in [5, 5.41) is 10.1. The number of ketones is 1. The molecule has 0 bridgehead atoms. The normalized spacial score (nSPS) is 13.7. The molecule has 0 radical (unpaired) electrons. The molecule has 0 unspecified atom stereocenters. The van der Waals surface area contributed by atoms with Crippen LogP contribution in [-0.2, 0) is 16.0 Å². The first kappa shape index (κ1) is 23.1. The van der Waals surface area contributed by atoms with Gasteiger partial charge in [-0.2, -0.15) is 0 Å². The number of rotatable bonds is 10. The van der Waals surface area contributed by atoms with E-state index in [1.54, 1.807) is 6.92 Å². The van der Waals surface area contributed by atoms with Gasteiger partial charge in [0.1, 0.15) is 6.10 Å². The van der Waals surface area contributed by atoms with E-state index in [1.807, 2.05) is 44.2 Å². The highest BCUT2D eigenvalue weighted by Gasteiger charge is 2.27. The molecule has 0 saturated carbocycles. The molecule has 0 saturated heterocycles. The number of esters is 1. The zero-order valence-corrected chi connectivity index (χ0v) is 17.9. The van der Waals surface area contributed by atoms with Crippen LogP contribution in [0.3, 0.4) is 0 Å². The van der Waals surface area contributed by atoms with Crippen molar-refractivity contribution >= 4 is 11.8 Å². The number of benzene rings is 1. The van der Waals surface area contributed by atoms with E-state index >= 15 is 0 Å². The van der Waals surface area contributed by atoms with Gasteiger partial charge in [0.15, 0.2) is 23.0 Å². The van der Waals surface area contributed by atoms with E-state index < -0.39 is 23.8 Å². The standard InChI is InChI=1S/C24H29NO5/c1-15(2)19(14-18-9-7-6-8-10-18)17(4)30-24(28)16(3)13-20(26)22-23(27)21(29-5)11-12-25-22/h6-12,16-17,19,27H,1,13-14H2,2-5H3/t16-,17+,19-/m1/s1. The number of aromatic hydroxyl groups is 1. The van der Waals surface area contributed by atoms with Gasteiger partial charge in [0.05, 0.1) is 13.0 Å². The van der Waals surface area contributed by atoms with Gasteiger partial charge in [-0.05, 0) is 25.8 Å². The molecule has 1 aromatic carbocycles. The minimum Gasteiger partial charge on any atom is -0.503 e.